The molecule has 37 heavy (non-hydrogen) atoms. The van der Waals surface area contributed by atoms with Crippen LogP contribution in [0.4, 0.5) is 5.69 Å². The molecule has 2 saturated heterocycles. The van der Waals surface area contributed by atoms with Crippen molar-refractivity contribution >= 4 is 17.6 Å². The first-order valence-electron chi connectivity index (χ1n) is 12.5. The van der Waals surface area contributed by atoms with Crippen LogP contribution < -0.4 is 25.2 Å². The average Bonchev–Trinajstić information content (AvgIpc) is 3.48. The van der Waals surface area contributed by atoms with Crippen molar-refractivity contribution in [2.75, 3.05) is 25.2 Å². The third-order valence-corrected chi connectivity index (χ3v) is 6.97. The van der Waals surface area contributed by atoms with E-state index in [1.54, 1.807) is 26.2 Å². The summed E-state index contributed by atoms with van der Waals surface area (Å²) in [5, 5.41) is 0. The molecule has 5 rings (SSSR count). The fourth-order valence-electron chi connectivity index (χ4n) is 5.29. The second-order valence-electron chi connectivity index (χ2n) is 9.02. The molecule has 1 amide bonds. The highest BCUT2D eigenvalue weighted by Crippen LogP contribution is 2.49. The van der Waals surface area contributed by atoms with Crippen LogP contribution in [0.15, 0.2) is 72.8 Å². The number of nitrogens with zero attached hydrogens (tertiary/aromatic N) is 1. The summed E-state index contributed by atoms with van der Waals surface area (Å²) in [4.78, 5) is 27.8. The van der Waals surface area contributed by atoms with Crippen LogP contribution in [0.3, 0.4) is 0 Å². The zero-order valence-electron chi connectivity index (χ0n) is 21.1. The molecule has 0 spiro atoms. The van der Waals surface area contributed by atoms with Crippen LogP contribution in [-0.4, -0.2) is 38.2 Å². The minimum atomic E-state index is -0.423. The molecule has 3 aromatic rings. The van der Waals surface area contributed by atoms with E-state index >= 15 is 0 Å². The van der Waals surface area contributed by atoms with Crippen LogP contribution in [-0.2, 0) is 9.53 Å². The van der Waals surface area contributed by atoms with Crippen LogP contribution in [0.1, 0.15) is 47.4 Å². The van der Waals surface area contributed by atoms with Gasteiger partial charge in [-0.05, 0) is 73.5 Å². The van der Waals surface area contributed by atoms with Gasteiger partial charge in [-0.15, -0.1) is 0 Å². The number of methoxy groups -OCH3 is 1. The van der Waals surface area contributed by atoms with Gasteiger partial charge in [-0.3, -0.25) is 4.79 Å². The van der Waals surface area contributed by atoms with E-state index in [0.29, 0.717) is 18.8 Å². The number of carbonyl (C=O) groups is 2. The topological polar surface area (TPSA) is 89.1 Å². The summed E-state index contributed by atoms with van der Waals surface area (Å²) < 4.78 is 16.1. The molecule has 2 fully saturated rings. The maximum atomic E-state index is 13.8. The first kappa shape index (κ1) is 24.8. The molecule has 0 aromatic heterocycles. The molecule has 192 valence electrons. The monoisotopic (exact) mass is 501 g/mol. The van der Waals surface area contributed by atoms with Gasteiger partial charge in [-0.1, -0.05) is 24.3 Å². The molecule has 2 heterocycles. The predicted octanol–water partition coefficient (Wildman–Crippen LogP) is 4.19. The Morgan fingerprint density at radius 3 is 2.05 bits per heavy atom. The molecule has 0 bridgehead atoms. The number of carbonyl (C=O) groups excluding carboxylic acids is 2. The summed E-state index contributed by atoms with van der Waals surface area (Å²) in [6.45, 7) is 4.61. The number of hydrogen-bond donors (Lipinski definition) is 2. The van der Waals surface area contributed by atoms with Crippen molar-refractivity contribution in [3.05, 3.63) is 89.5 Å². The summed E-state index contributed by atoms with van der Waals surface area (Å²) in [6.07, 6.45) is 0. The fraction of sp³-hybridized carbons (Fsp3) is 0.310. The highest BCUT2D eigenvalue weighted by Gasteiger charge is 2.56. The highest BCUT2D eigenvalue weighted by atomic mass is 16.5. The van der Waals surface area contributed by atoms with Crippen LogP contribution in [0.2, 0.25) is 0 Å². The number of hydrogen-bond acceptors (Lipinski definition) is 7. The lowest BCUT2D eigenvalue weighted by Crippen LogP contribution is -2.41. The number of esters is 1. The smallest absolute Gasteiger partial charge is 0.338 e. The number of hydrazine groups is 1. The van der Waals surface area contributed by atoms with E-state index in [1.807, 2.05) is 72.5 Å². The highest BCUT2D eigenvalue weighted by molar-refractivity contribution is 6.02. The standard InChI is InChI=1S/C29H31N3O5/c1-4-36-23-16-10-19(11-17-23)27-24-25(18-8-14-22(35-3)15-9-18)30-31-26(24)28(33)32(27)21-12-6-20(7-13-21)29(34)37-5-2/h6-17,24-27,30-31H,4-5H2,1-3H3. The Balaban J connectivity index is 1.54. The normalized spacial score (nSPS) is 22.6. The Morgan fingerprint density at radius 2 is 1.43 bits per heavy atom. The third-order valence-electron chi connectivity index (χ3n) is 6.97. The Morgan fingerprint density at radius 1 is 0.811 bits per heavy atom. The minimum absolute atomic E-state index is 0.0312. The van der Waals surface area contributed by atoms with Crippen molar-refractivity contribution in [1.29, 1.82) is 0 Å². The molecule has 2 aliphatic heterocycles. The average molecular weight is 502 g/mol. The van der Waals surface area contributed by atoms with Gasteiger partial charge in [0, 0.05) is 11.6 Å². The van der Waals surface area contributed by atoms with Crippen molar-refractivity contribution < 1.29 is 23.8 Å². The Kier molecular flexibility index (Phi) is 7.12. The summed E-state index contributed by atoms with van der Waals surface area (Å²) in [6, 6.07) is 22.1. The summed E-state index contributed by atoms with van der Waals surface area (Å²) in [7, 11) is 1.64. The van der Waals surface area contributed by atoms with E-state index < -0.39 is 6.04 Å². The van der Waals surface area contributed by atoms with Gasteiger partial charge in [0.2, 0.25) is 5.91 Å². The molecular weight excluding hydrogens is 470 g/mol. The number of fused-ring (bicyclic) bond motifs is 1. The zero-order valence-corrected chi connectivity index (χ0v) is 21.1. The van der Waals surface area contributed by atoms with Gasteiger partial charge in [0.15, 0.2) is 0 Å². The van der Waals surface area contributed by atoms with E-state index in [2.05, 4.69) is 10.9 Å². The zero-order chi connectivity index (χ0) is 25.9. The second kappa shape index (κ2) is 10.6. The Bertz CT molecular complexity index is 1240. The van der Waals surface area contributed by atoms with E-state index in [4.69, 9.17) is 14.2 Å². The van der Waals surface area contributed by atoms with Crippen molar-refractivity contribution in [3.8, 4) is 11.5 Å². The van der Waals surface area contributed by atoms with Crippen molar-refractivity contribution in [2.45, 2.75) is 32.0 Å². The van der Waals surface area contributed by atoms with Gasteiger partial charge in [-0.2, -0.15) is 0 Å². The quantitative estimate of drug-likeness (QED) is 0.448. The van der Waals surface area contributed by atoms with Gasteiger partial charge in [0.25, 0.3) is 0 Å². The van der Waals surface area contributed by atoms with Gasteiger partial charge in [0.1, 0.15) is 17.5 Å². The third kappa shape index (κ3) is 4.65. The number of ether oxygens (including phenoxy) is 3. The second-order valence-corrected chi connectivity index (χ2v) is 9.02. The number of anilines is 1. The maximum Gasteiger partial charge on any atom is 0.338 e. The van der Waals surface area contributed by atoms with Crippen LogP contribution >= 0.6 is 0 Å². The largest absolute Gasteiger partial charge is 0.497 e. The summed E-state index contributed by atoms with van der Waals surface area (Å²) >= 11 is 0. The molecule has 8 nitrogen and oxygen atoms in total. The van der Waals surface area contributed by atoms with Gasteiger partial charge < -0.3 is 19.1 Å². The predicted molar refractivity (Wildman–Crippen MR) is 140 cm³/mol. The molecule has 0 radical (unpaired) electrons. The van der Waals surface area contributed by atoms with E-state index in [1.165, 1.54) is 0 Å². The SMILES string of the molecule is CCOC(=O)c1ccc(N2C(=O)C3NNC(c4ccc(OC)cc4)C3C2c2ccc(OCC)cc2)cc1. The van der Waals surface area contributed by atoms with Gasteiger partial charge in [-0.25, -0.2) is 15.6 Å². The first-order valence-corrected chi connectivity index (χ1v) is 12.5. The fourth-order valence-corrected chi connectivity index (χ4v) is 5.29. The molecular formula is C29H31N3O5. The summed E-state index contributed by atoms with van der Waals surface area (Å²) in [5.74, 6) is 1.05. The lowest BCUT2D eigenvalue weighted by Gasteiger charge is -2.31. The lowest BCUT2D eigenvalue weighted by molar-refractivity contribution is -0.119. The molecule has 2 aliphatic rings. The maximum absolute atomic E-state index is 13.8. The Labute approximate surface area is 216 Å². The van der Waals surface area contributed by atoms with Crippen LogP contribution in [0.5, 0.6) is 11.5 Å². The summed E-state index contributed by atoms with van der Waals surface area (Å²) in [5.41, 5.74) is 9.85. The van der Waals surface area contributed by atoms with E-state index in [9.17, 15) is 9.59 Å². The first-order chi connectivity index (χ1) is 18.0. The Hall–Kier alpha value is -3.88. The van der Waals surface area contributed by atoms with E-state index in [-0.39, 0.29) is 29.9 Å². The van der Waals surface area contributed by atoms with Crippen LogP contribution in [0, 0.1) is 5.92 Å². The minimum Gasteiger partial charge on any atom is -0.497 e. The van der Waals surface area contributed by atoms with Gasteiger partial charge >= 0.3 is 5.97 Å². The molecule has 3 aromatic carbocycles. The molecule has 4 atom stereocenters. The number of nitrogens with one attached hydrogen (secondary N) is 2. The van der Waals surface area contributed by atoms with E-state index in [0.717, 1.165) is 28.3 Å². The molecule has 2 N–H and O–H groups in total. The molecule has 0 saturated carbocycles. The number of amides is 1. The lowest BCUT2D eigenvalue weighted by atomic mass is 9.83. The van der Waals surface area contributed by atoms with Gasteiger partial charge in [0.05, 0.1) is 38.0 Å². The molecule has 0 aliphatic carbocycles. The number of rotatable bonds is 8. The van der Waals surface area contributed by atoms with Crippen LogP contribution in [0.25, 0.3) is 0 Å². The van der Waals surface area contributed by atoms with Crippen molar-refractivity contribution in [2.24, 2.45) is 5.92 Å². The van der Waals surface area contributed by atoms with Crippen molar-refractivity contribution in [1.82, 2.24) is 10.9 Å². The number of benzene rings is 3. The molecule has 4 unspecified atom stereocenters. The van der Waals surface area contributed by atoms with Crippen molar-refractivity contribution in [3.63, 3.8) is 0 Å². The molecule has 8 heteroatoms.